The first kappa shape index (κ1) is 14.7. The Kier molecular flexibility index (Phi) is 4.20. The monoisotopic (exact) mass is 295 g/mol. The minimum Gasteiger partial charge on any atom is -0.336 e. The van der Waals surface area contributed by atoms with Gasteiger partial charge in [0.2, 0.25) is 0 Å². The lowest BCUT2D eigenvalue weighted by Crippen LogP contribution is -2.51. The fraction of sp³-hybridized carbons (Fsp3) is 0.333. The number of aromatic nitrogens is 1. The van der Waals surface area contributed by atoms with Crippen molar-refractivity contribution in [2.75, 3.05) is 19.6 Å². The summed E-state index contributed by atoms with van der Waals surface area (Å²) in [5.41, 5.74) is 3.47. The minimum absolute atomic E-state index is 0.0814. The summed E-state index contributed by atoms with van der Waals surface area (Å²) in [4.78, 5) is 19.2. The highest BCUT2D eigenvalue weighted by atomic mass is 16.2. The van der Waals surface area contributed by atoms with E-state index in [1.165, 1.54) is 0 Å². The number of aryl methyl sites for hydroxylation is 1. The van der Waals surface area contributed by atoms with E-state index in [1.54, 1.807) is 0 Å². The van der Waals surface area contributed by atoms with Crippen molar-refractivity contribution in [1.82, 2.24) is 15.2 Å². The first-order valence-electron chi connectivity index (χ1n) is 7.71. The van der Waals surface area contributed by atoms with Crippen LogP contribution in [0.4, 0.5) is 0 Å². The molecule has 22 heavy (non-hydrogen) atoms. The number of carbonyl (C=O) groups excluding carboxylic acids is 1. The van der Waals surface area contributed by atoms with E-state index in [0.29, 0.717) is 11.6 Å². The third-order valence-corrected chi connectivity index (χ3v) is 4.04. The number of hydrogen-bond donors (Lipinski definition) is 1. The van der Waals surface area contributed by atoms with Crippen molar-refractivity contribution in [3.05, 3.63) is 53.7 Å². The smallest absolute Gasteiger partial charge is 0.255 e. The number of hydrogen-bond acceptors (Lipinski definition) is 3. The second-order valence-electron chi connectivity index (χ2n) is 5.80. The van der Waals surface area contributed by atoms with Crippen LogP contribution in [0.25, 0.3) is 11.3 Å². The molecule has 0 aliphatic carbocycles. The van der Waals surface area contributed by atoms with E-state index in [2.05, 4.69) is 17.2 Å². The van der Waals surface area contributed by atoms with Gasteiger partial charge in [-0.2, -0.15) is 0 Å². The summed E-state index contributed by atoms with van der Waals surface area (Å²) in [5, 5.41) is 3.35. The van der Waals surface area contributed by atoms with Crippen LogP contribution in [0.15, 0.2) is 42.5 Å². The van der Waals surface area contributed by atoms with Crippen LogP contribution in [0, 0.1) is 6.92 Å². The summed E-state index contributed by atoms with van der Waals surface area (Å²) in [6.07, 6.45) is 0. The molecule has 0 spiro atoms. The standard InChI is InChI=1S/C18H21N3O/c1-13-12-21(11-10-19-13)18(22)16-8-9-17(20-14(16)2)15-6-4-3-5-7-15/h3-9,13,19H,10-12H2,1-2H3/t13-/m0/s1. The quantitative estimate of drug-likeness (QED) is 0.926. The van der Waals surface area contributed by atoms with Gasteiger partial charge in [-0.15, -0.1) is 0 Å². The Morgan fingerprint density at radius 3 is 2.68 bits per heavy atom. The van der Waals surface area contributed by atoms with Gasteiger partial charge in [-0.3, -0.25) is 9.78 Å². The molecule has 1 aliphatic rings. The molecule has 1 aliphatic heterocycles. The average Bonchev–Trinajstić information content (AvgIpc) is 2.55. The third kappa shape index (κ3) is 3.02. The number of nitrogens with one attached hydrogen (secondary N) is 1. The van der Waals surface area contributed by atoms with Crippen molar-refractivity contribution < 1.29 is 4.79 Å². The molecule has 1 saturated heterocycles. The van der Waals surface area contributed by atoms with Crippen molar-refractivity contribution in [3.63, 3.8) is 0 Å². The Bertz CT molecular complexity index is 669. The molecule has 1 atom stereocenters. The Hall–Kier alpha value is -2.20. The van der Waals surface area contributed by atoms with E-state index in [4.69, 9.17) is 0 Å². The van der Waals surface area contributed by atoms with Crippen LogP contribution in [0.5, 0.6) is 0 Å². The second kappa shape index (κ2) is 6.28. The highest BCUT2D eigenvalue weighted by molar-refractivity contribution is 5.95. The Morgan fingerprint density at radius 2 is 2.00 bits per heavy atom. The highest BCUT2D eigenvalue weighted by Crippen LogP contribution is 2.19. The number of nitrogens with zero attached hydrogens (tertiary/aromatic N) is 2. The predicted octanol–water partition coefficient (Wildman–Crippen LogP) is 2.49. The zero-order valence-corrected chi connectivity index (χ0v) is 13.0. The Labute approximate surface area is 131 Å². The molecule has 1 N–H and O–H groups in total. The summed E-state index contributed by atoms with van der Waals surface area (Å²) < 4.78 is 0. The maximum absolute atomic E-state index is 12.7. The molecule has 2 aromatic rings. The molecule has 0 bridgehead atoms. The molecule has 3 rings (SSSR count). The van der Waals surface area contributed by atoms with Gasteiger partial charge in [0.1, 0.15) is 0 Å². The van der Waals surface area contributed by atoms with Crippen LogP contribution in [-0.2, 0) is 0 Å². The summed E-state index contributed by atoms with van der Waals surface area (Å²) in [6, 6.07) is 14.2. The summed E-state index contributed by atoms with van der Waals surface area (Å²) in [7, 11) is 0. The van der Waals surface area contributed by atoms with Gasteiger partial charge in [0.05, 0.1) is 17.0 Å². The molecule has 0 saturated carbocycles. The SMILES string of the molecule is Cc1nc(-c2ccccc2)ccc1C(=O)N1CCN[C@@H](C)C1. The molecule has 1 aromatic heterocycles. The molecule has 2 heterocycles. The van der Waals surface area contributed by atoms with E-state index >= 15 is 0 Å². The largest absolute Gasteiger partial charge is 0.336 e. The van der Waals surface area contributed by atoms with Gasteiger partial charge in [0.25, 0.3) is 5.91 Å². The lowest BCUT2D eigenvalue weighted by atomic mass is 10.1. The summed E-state index contributed by atoms with van der Waals surface area (Å²) in [5.74, 6) is 0.0814. The highest BCUT2D eigenvalue weighted by Gasteiger charge is 2.23. The van der Waals surface area contributed by atoms with Gasteiger partial charge in [-0.05, 0) is 26.0 Å². The molecule has 1 aromatic carbocycles. The van der Waals surface area contributed by atoms with E-state index in [1.807, 2.05) is 54.3 Å². The van der Waals surface area contributed by atoms with Crippen molar-refractivity contribution in [2.24, 2.45) is 0 Å². The zero-order chi connectivity index (χ0) is 15.5. The van der Waals surface area contributed by atoms with Crippen molar-refractivity contribution in [2.45, 2.75) is 19.9 Å². The average molecular weight is 295 g/mol. The fourth-order valence-electron chi connectivity index (χ4n) is 2.84. The summed E-state index contributed by atoms with van der Waals surface area (Å²) in [6.45, 7) is 6.36. The normalized spacial score (nSPS) is 18.3. The second-order valence-corrected chi connectivity index (χ2v) is 5.80. The number of benzene rings is 1. The van der Waals surface area contributed by atoms with Crippen LogP contribution >= 0.6 is 0 Å². The first-order valence-corrected chi connectivity index (χ1v) is 7.71. The molecule has 4 nitrogen and oxygen atoms in total. The lowest BCUT2D eigenvalue weighted by Gasteiger charge is -2.32. The van der Waals surface area contributed by atoms with E-state index < -0.39 is 0 Å². The number of piperazine rings is 1. The van der Waals surface area contributed by atoms with Crippen LogP contribution < -0.4 is 5.32 Å². The zero-order valence-electron chi connectivity index (χ0n) is 13.0. The van der Waals surface area contributed by atoms with Crippen LogP contribution in [0.3, 0.4) is 0 Å². The number of rotatable bonds is 2. The third-order valence-electron chi connectivity index (χ3n) is 4.04. The molecule has 4 heteroatoms. The van der Waals surface area contributed by atoms with Crippen LogP contribution in [-0.4, -0.2) is 41.5 Å². The Balaban J connectivity index is 1.84. The molecule has 114 valence electrons. The number of pyridine rings is 1. The Morgan fingerprint density at radius 1 is 1.23 bits per heavy atom. The minimum atomic E-state index is 0.0814. The van der Waals surface area contributed by atoms with Crippen molar-refractivity contribution >= 4 is 5.91 Å². The lowest BCUT2D eigenvalue weighted by molar-refractivity contribution is 0.0708. The predicted molar refractivity (Wildman–Crippen MR) is 87.8 cm³/mol. The maximum atomic E-state index is 12.7. The van der Waals surface area contributed by atoms with Gasteiger partial charge in [0, 0.05) is 31.2 Å². The van der Waals surface area contributed by atoms with Gasteiger partial charge >= 0.3 is 0 Å². The topological polar surface area (TPSA) is 45.2 Å². The van der Waals surface area contributed by atoms with Gasteiger partial charge in [-0.1, -0.05) is 30.3 Å². The summed E-state index contributed by atoms with van der Waals surface area (Å²) >= 11 is 0. The molecule has 0 radical (unpaired) electrons. The fourth-order valence-corrected chi connectivity index (χ4v) is 2.84. The van der Waals surface area contributed by atoms with Gasteiger partial charge in [-0.25, -0.2) is 0 Å². The molecule has 1 fully saturated rings. The van der Waals surface area contributed by atoms with E-state index in [9.17, 15) is 4.79 Å². The van der Waals surface area contributed by atoms with Gasteiger partial charge in [0.15, 0.2) is 0 Å². The number of carbonyl (C=O) groups is 1. The van der Waals surface area contributed by atoms with Crippen molar-refractivity contribution in [1.29, 1.82) is 0 Å². The number of amides is 1. The van der Waals surface area contributed by atoms with Crippen molar-refractivity contribution in [3.8, 4) is 11.3 Å². The molecule has 1 amide bonds. The first-order chi connectivity index (χ1) is 10.6. The van der Waals surface area contributed by atoms with E-state index in [0.717, 1.165) is 36.6 Å². The van der Waals surface area contributed by atoms with E-state index in [-0.39, 0.29) is 5.91 Å². The van der Waals surface area contributed by atoms with Crippen LogP contribution in [0.2, 0.25) is 0 Å². The van der Waals surface area contributed by atoms with Gasteiger partial charge < -0.3 is 10.2 Å². The van der Waals surface area contributed by atoms with Crippen LogP contribution in [0.1, 0.15) is 23.0 Å². The molecule has 0 unspecified atom stereocenters. The molecular weight excluding hydrogens is 274 g/mol. The maximum Gasteiger partial charge on any atom is 0.255 e. The molecular formula is C18H21N3O.